The smallest absolute Gasteiger partial charge is 0.252 e. The summed E-state index contributed by atoms with van der Waals surface area (Å²) in [6, 6.07) is 7.58. The molecule has 1 N–H and O–H groups in total. The summed E-state index contributed by atoms with van der Waals surface area (Å²) in [5.41, 5.74) is 0.813. The van der Waals surface area contributed by atoms with Gasteiger partial charge in [0.2, 0.25) is 5.82 Å². The van der Waals surface area contributed by atoms with Crippen LogP contribution in [0, 0.1) is 0 Å². The van der Waals surface area contributed by atoms with Gasteiger partial charge in [0.05, 0.1) is 18.8 Å². The third-order valence-corrected chi connectivity index (χ3v) is 3.27. The van der Waals surface area contributed by atoms with E-state index in [0.717, 1.165) is 30.8 Å². The lowest BCUT2D eigenvalue weighted by atomic mass is 10.2. The van der Waals surface area contributed by atoms with E-state index in [4.69, 9.17) is 14.0 Å². The van der Waals surface area contributed by atoms with Crippen LogP contribution in [0.25, 0.3) is 11.4 Å². The van der Waals surface area contributed by atoms with Gasteiger partial charge in [-0.3, -0.25) is 0 Å². The molecule has 1 saturated heterocycles. The predicted octanol–water partition coefficient (Wildman–Crippen LogP) is 1.62. The Kier molecular flexibility index (Phi) is 3.94. The van der Waals surface area contributed by atoms with Gasteiger partial charge in [-0.2, -0.15) is 4.98 Å². The minimum Gasteiger partial charge on any atom is -0.496 e. The number of nitrogens with zero attached hydrogens (tertiary/aromatic N) is 2. The Morgan fingerprint density at radius 2 is 2.30 bits per heavy atom. The maximum Gasteiger partial charge on any atom is 0.252 e. The zero-order chi connectivity index (χ0) is 13.8. The van der Waals surface area contributed by atoms with Crippen molar-refractivity contribution in [3.63, 3.8) is 0 Å². The summed E-state index contributed by atoms with van der Waals surface area (Å²) < 4.78 is 16.2. The van der Waals surface area contributed by atoms with E-state index in [0.29, 0.717) is 18.3 Å². The summed E-state index contributed by atoms with van der Waals surface area (Å²) in [6.07, 6.45) is 1.25. The Hall–Kier alpha value is -1.92. The number of methoxy groups -OCH3 is 1. The van der Waals surface area contributed by atoms with Crippen LogP contribution >= 0.6 is 0 Å². The van der Waals surface area contributed by atoms with Crippen LogP contribution in [0.4, 0.5) is 0 Å². The molecular weight excluding hydrogens is 258 g/mol. The van der Waals surface area contributed by atoms with Crippen LogP contribution in [-0.4, -0.2) is 36.4 Å². The summed E-state index contributed by atoms with van der Waals surface area (Å²) >= 11 is 0. The highest BCUT2D eigenvalue weighted by atomic mass is 16.5. The van der Waals surface area contributed by atoms with Gasteiger partial charge in [0, 0.05) is 6.54 Å². The van der Waals surface area contributed by atoms with E-state index in [2.05, 4.69) is 15.5 Å². The number of benzene rings is 1. The van der Waals surface area contributed by atoms with E-state index in [1.807, 2.05) is 24.3 Å². The van der Waals surface area contributed by atoms with Gasteiger partial charge in [0.1, 0.15) is 12.4 Å². The zero-order valence-electron chi connectivity index (χ0n) is 11.3. The monoisotopic (exact) mass is 275 g/mol. The number of rotatable bonds is 5. The first-order chi connectivity index (χ1) is 9.86. The number of aromatic nitrogens is 2. The lowest BCUT2D eigenvalue weighted by molar-refractivity contribution is 0.0383. The molecule has 1 aromatic carbocycles. The SMILES string of the molecule is COc1ccccc1-c1noc(CO[C@@H]2CCNC2)n1. The van der Waals surface area contributed by atoms with Crippen molar-refractivity contribution in [3.8, 4) is 17.1 Å². The topological polar surface area (TPSA) is 69.4 Å². The van der Waals surface area contributed by atoms with Crippen molar-refractivity contribution in [2.45, 2.75) is 19.1 Å². The van der Waals surface area contributed by atoms with Gasteiger partial charge in [-0.05, 0) is 25.1 Å². The highest BCUT2D eigenvalue weighted by Crippen LogP contribution is 2.27. The van der Waals surface area contributed by atoms with E-state index < -0.39 is 0 Å². The Balaban J connectivity index is 1.69. The van der Waals surface area contributed by atoms with Gasteiger partial charge in [0.25, 0.3) is 5.89 Å². The second-order valence-electron chi connectivity index (χ2n) is 4.64. The molecule has 0 amide bonds. The maximum atomic E-state index is 5.70. The lowest BCUT2D eigenvalue weighted by Crippen LogP contribution is -2.16. The van der Waals surface area contributed by atoms with E-state index in [-0.39, 0.29) is 6.10 Å². The number of ether oxygens (including phenoxy) is 2. The van der Waals surface area contributed by atoms with Crippen molar-refractivity contribution < 1.29 is 14.0 Å². The first kappa shape index (κ1) is 13.1. The molecule has 0 bridgehead atoms. The van der Waals surface area contributed by atoms with Crippen LogP contribution in [0.3, 0.4) is 0 Å². The summed E-state index contributed by atoms with van der Waals surface area (Å²) in [5.74, 6) is 1.73. The van der Waals surface area contributed by atoms with E-state index in [1.165, 1.54) is 0 Å². The minimum atomic E-state index is 0.233. The molecule has 1 aromatic heterocycles. The third kappa shape index (κ3) is 2.81. The average molecular weight is 275 g/mol. The molecule has 0 spiro atoms. The Morgan fingerprint density at radius 3 is 3.10 bits per heavy atom. The van der Waals surface area contributed by atoms with E-state index in [9.17, 15) is 0 Å². The van der Waals surface area contributed by atoms with Crippen LogP contribution in [0.15, 0.2) is 28.8 Å². The normalized spacial score (nSPS) is 18.4. The molecule has 1 aliphatic heterocycles. The number of para-hydroxylation sites is 1. The Morgan fingerprint density at radius 1 is 1.40 bits per heavy atom. The molecule has 6 heteroatoms. The van der Waals surface area contributed by atoms with Crippen molar-refractivity contribution in [1.82, 2.24) is 15.5 Å². The first-order valence-electron chi connectivity index (χ1n) is 6.65. The minimum absolute atomic E-state index is 0.233. The van der Waals surface area contributed by atoms with E-state index >= 15 is 0 Å². The third-order valence-electron chi connectivity index (χ3n) is 3.27. The van der Waals surface area contributed by atoms with E-state index in [1.54, 1.807) is 7.11 Å². The van der Waals surface area contributed by atoms with Crippen LogP contribution < -0.4 is 10.1 Å². The maximum absolute atomic E-state index is 5.70. The van der Waals surface area contributed by atoms with Crippen molar-refractivity contribution in [2.24, 2.45) is 0 Å². The van der Waals surface area contributed by atoms with Crippen LogP contribution in [0.5, 0.6) is 5.75 Å². The molecule has 0 radical (unpaired) electrons. The molecule has 2 aromatic rings. The highest BCUT2D eigenvalue weighted by Gasteiger charge is 2.17. The molecule has 3 rings (SSSR count). The predicted molar refractivity (Wildman–Crippen MR) is 72.3 cm³/mol. The number of nitrogens with one attached hydrogen (secondary N) is 1. The molecule has 1 fully saturated rings. The molecule has 2 heterocycles. The van der Waals surface area contributed by atoms with Gasteiger partial charge >= 0.3 is 0 Å². The number of hydrogen-bond acceptors (Lipinski definition) is 6. The molecule has 1 aliphatic rings. The second-order valence-corrected chi connectivity index (χ2v) is 4.64. The molecule has 20 heavy (non-hydrogen) atoms. The molecule has 0 saturated carbocycles. The van der Waals surface area contributed by atoms with Gasteiger partial charge in [0.15, 0.2) is 0 Å². The average Bonchev–Trinajstić information content (AvgIpc) is 3.16. The van der Waals surface area contributed by atoms with Gasteiger partial charge < -0.3 is 19.3 Å². The Bertz CT molecular complexity index is 564. The van der Waals surface area contributed by atoms with Gasteiger partial charge in [-0.25, -0.2) is 0 Å². The fourth-order valence-electron chi connectivity index (χ4n) is 2.21. The second kappa shape index (κ2) is 6.02. The summed E-state index contributed by atoms with van der Waals surface area (Å²) in [5, 5.41) is 7.23. The fraction of sp³-hybridized carbons (Fsp3) is 0.429. The quantitative estimate of drug-likeness (QED) is 0.894. The number of hydrogen-bond donors (Lipinski definition) is 1. The van der Waals surface area contributed by atoms with Crippen molar-refractivity contribution >= 4 is 0 Å². The molecule has 0 unspecified atom stereocenters. The van der Waals surface area contributed by atoms with Crippen molar-refractivity contribution in [2.75, 3.05) is 20.2 Å². The summed E-state index contributed by atoms with van der Waals surface area (Å²) in [4.78, 5) is 4.35. The van der Waals surface area contributed by atoms with Gasteiger partial charge in [-0.15, -0.1) is 0 Å². The lowest BCUT2D eigenvalue weighted by Gasteiger charge is -2.06. The summed E-state index contributed by atoms with van der Waals surface area (Å²) in [7, 11) is 1.62. The Labute approximate surface area is 117 Å². The molecule has 106 valence electrons. The van der Waals surface area contributed by atoms with Crippen molar-refractivity contribution in [3.05, 3.63) is 30.2 Å². The van der Waals surface area contributed by atoms with Crippen LogP contribution in [0.1, 0.15) is 12.3 Å². The fourth-order valence-corrected chi connectivity index (χ4v) is 2.21. The standard InChI is InChI=1S/C14H17N3O3/c1-18-12-5-3-2-4-11(12)14-16-13(20-17-14)9-19-10-6-7-15-8-10/h2-5,10,15H,6-9H2,1H3/t10-/m1/s1. The largest absolute Gasteiger partial charge is 0.496 e. The summed E-state index contributed by atoms with van der Waals surface area (Å²) in [6.45, 7) is 2.23. The zero-order valence-corrected chi connectivity index (χ0v) is 11.3. The molecular formula is C14H17N3O3. The highest BCUT2D eigenvalue weighted by molar-refractivity contribution is 5.63. The van der Waals surface area contributed by atoms with Crippen LogP contribution in [0.2, 0.25) is 0 Å². The first-order valence-corrected chi connectivity index (χ1v) is 6.65. The molecule has 1 atom stereocenters. The molecule has 0 aliphatic carbocycles. The molecule has 6 nitrogen and oxygen atoms in total. The van der Waals surface area contributed by atoms with Crippen molar-refractivity contribution in [1.29, 1.82) is 0 Å². The van der Waals surface area contributed by atoms with Gasteiger partial charge in [-0.1, -0.05) is 17.3 Å². The van der Waals surface area contributed by atoms with Crippen LogP contribution in [-0.2, 0) is 11.3 Å².